The molecular weight excluding hydrogens is 376 g/mol. The number of para-hydroxylation sites is 1. The van der Waals surface area contributed by atoms with Crippen molar-refractivity contribution in [1.29, 1.82) is 0 Å². The van der Waals surface area contributed by atoms with Crippen LogP contribution < -0.4 is 15.4 Å². The highest BCUT2D eigenvalue weighted by Crippen LogP contribution is 2.28. The van der Waals surface area contributed by atoms with E-state index in [9.17, 15) is 19.5 Å². The number of carboxylic acids is 1. The molecule has 1 saturated heterocycles. The van der Waals surface area contributed by atoms with E-state index in [1.54, 1.807) is 18.2 Å². The van der Waals surface area contributed by atoms with Crippen LogP contribution in [0.2, 0.25) is 0 Å². The second-order valence-electron chi connectivity index (χ2n) is 7.13. The highest BCUT2D eigenvalue weighted by atomic mass is 16.5. The number of hydrogen-bond donors (Lipinski definition) is 3. The van der Waals surface area contributed by atoms with Crippen molar-refractivity contribution in [3.05, 3.63) is 59.7 Å². The third-order valence-electron chi connectivity index (χ3n) is 5.12. The lowest BCUT2D eigenvalue weighted by Gasteiger charge is -2.23. The lowest BCUT2D eigenvalue weighted by molar-refractivity contribution is -0.144. The first-order valence-corrected chi connectivity index (χ1v) is 9.26. The Morgan fingerprint density at radius 2 is 1.93 bits per heavy atom. The Bertz CT molecular complexity index is 942. The molecule has 2 atom stereocenters. The van der Waals surface area contributed by atoms with Crippen LogP contribution in [0.5, 0.6) is 5.75 Å². The Balaban J connectivity index is 1.43. The molecule has 3 N–H and O–H groups in total. The van der Waals surface area contributed by atoms with Crippen LogP contribution in [0.4, 0.5) is 5.69 Å². The van der Waals surface area contributed by atoms with E-state index in [0.29, 0.717) is 17.9 Å². The standard InChI is InChI=1S/C21H20N2O6/c24-18(23-21(20(26)27)8-9-28-12-21)14-5-3-6-15(10-14)22-19(25)17-11-13-4-1-2-7-16(13)29-17/h1-7,10,17H,8-9,11-12H2,(H,22,25)(H,23,24)(H,26,27). The van der Waals surface area contributed by atoms with Gasteiger partial charge in [-0.05, 0) is 29.8 Å². The molecule has 0 radical (unpaired) electrons. The smallest absolute Gasteiger partial charge is 0.331 e. The molecule has 8 nitrogen and oxygen atoms in total. The second kappa shape index (κ2) is 7.56. The minimum absolute atomic E-state index is 0.0793. The number of rotatable bonds is 5. The summed E-state index contributed by atoms with van der Waals surface area (Å²) in [5.41, 5.74) is 0.207. The van der Waals surface area contributed by atoms with Gasteiger partial charge in [-0.15, -0.1) is 0 Å². The maximum Gasteiger partial charge on any atom is 0.331 e. The molecule has 2 aromatic rings. The Hall–Kier alpha value is -3.39. The number of amides is 2. The average molecular weight is 396 g/mol. The van der Waals surface area contributed by atoms with Crippen molar-refractivity contribution in [2.24, 2.45) is 0 Å². The number of nitrogens with one attached hydrogen (secondary N) is 2. The third-order valence-corrected chi connectivity index (χ3v) is 5.12. The molecule has 0 aromatic heterocycles. The van der Waals surface area contributed by atoms with Crippen molar-refractivity contribution in [2.75, 3.05) is 18.5 Å². The fraction of sp³-hybridized carbons (Fsp3) is 0.286. The lowest BCUT2D eigenvalue weighted by atomic mass is 9.98. The maximum atomic E-state index is 12.6. The van der Waals surface area contributed by atoms with E-state index in [1.165, 1.54) is 6.07 Å². The summed E-state index contributed by atoms with van der Waals surface area (Å²) in [7, 11) is 0. The number of carbonyl (C=O) groups is 3. The number of ether oxygens (including phenoxy) is 2. The van der Waals surface area contributed by atoms with E-state index in [4.69, 9.17) is 9.47 Å². The monoisotopic (exact) mass is 396 g/mol. The third kappa shape index (κ3) is 3.79. The number of fused-ring (bicyclic) bond motifs is 1. The van der Waals surface area contributed by atoms with Gasteiger partial charge >= 0.3 is 5.97 Å². The minimum Gasteiger partial charge on any atom is -0.480 e. The van der Waals surface area contributed by atoms with Gasteiger partial charge in [-0.2, -0.15) is 0 Å². The topological polar surface area (TPSA) is 114 Å². The largest absolute Gasteiger partial charge is 0.480 e. The van der Waals surface area contributed by atoms with Crippen molar-refractivity contribution in [2.45, 2.75) is 24.5 Å². The van der Waals surface area contributed by atoms with Crippen LogP contribution in [0, 0.1) is 0 Å². The van der Waals surface area contributed by atoms with Crippen LogP contribution >= 0.6 is 0 Å². The zero-order valence-electron chi connectivity index (χ0n) is 15.5. The van der Waals surface area contributed by atoms with Gasteiger partial charge in [0.25, 0.3) is 11.8 Å². The molecule has 2 heterocycles. The van der Waals surface area contributed by atoms with Crippen LogP contribution in [0.15, 0.2) is 48.5 Å². The van der Waals surface area contributed by atoms with Crippen molar-refractivity contribution < 1.29 is 29.0 Å². The second-order valence-corrected chi connectivity index (χ2v) is 7.13. The summed E-state index contributed by atoms with van der Waals surface area (Å²) in [6.07, 6.45) is 0.0312. The number of aliphatic carboxylic acids is 1. The highest BCUT2D eigenvalue weighted by Gasteiger charge is 2.44. The first kappa shape index (κ1) is 18.9. The molecule has 1 fully saturated rings. The molecule has 8 heteroatoms. The molecule has 29 heavy (non-hydrogen) atoms. The fourth-order valence-corrected chi connectivity index (χ4v) is 3.46. The van der Waals surface area contributed by atoms with Crippen molar-refractivity contribution in [3.8, 4) is 5.75 Å². The molecule has 0 spiro atoms. The molecule has 0 aliphatic carbocycles. The number of benzene rings is 2. The summed E-state index contributed by atoms with van der Waals surface area (Å²) in [6, 6.07) is 13.8. The number of carboxylic acid groups (broad SMARTS) is 1. The predicted molar refractivity (Wildman–Crippen MR) is 103 cm³/mol. The van der Waals surface area contributed by atoms with E-state index in [1.807, 2.05) is 24.3 Å². The summed E-state index contributed by atoms with van der Waals surface area (Å²) in [6.45, 7) is 0.191. The zero-order valence-corrected chi connectivity index (χ0v) is 15.5. The quantitative estimate of drug-likeness (QED) is 0.707. The van der Waals surface area contributed by atoms with Gasteiger partial charge < -0.3 is 25.2 Å². The Labute approximate surface area is 166 Å². The molecule has 0 bridgehead atoms. The first-order chi connectivity index (χ1) is 14.0. The van der Waals surface area contributed by atoms with E-state index in [-0.39, 0.29) is 31.1 Å². The van der Waals surface area contributed by atoms with Gasteiger partial charge in [0.1, 0.15) is 5.75 Å². The normalized spacial score (nSPS) is 22.4. The van der Waals surface area contributed by atoms with Gasteiger partial charge in [-0.3, -0.25) is 9.59 Å². The molecule has 2 aliphatic heterocycles. The minimum atomic E-state index is -1.43. The van der Waals surface area contributed by atoms with E-state index in [2.05, 4.69) is 10.6 Å². The maximum absolute atomic E-state index is 12.6. The number of anilines is 1. The number of carbonyl (C=O) groups excluding carboxylic acids is 2. The molecule has 2 aliphatic rings. The molecule has 0 saturated carbocycles. The Morgan fingerprint density at radius 3 is 2.66 bits per heavy atom. The number of hydrogen-bond acceptors (Lipinski definition) is 5. The fourth-order valence-electron chi connectivity index (χ4n) is 3.46. The van der Waals surface area contributed by atoms with Crippen molar-refractivity contribution >= 4 is 23.5 Å². The van der Waals surface area contributed by atoms with Gasteiger partial charge in [0.2, 0.25) is 0 Å². The van der Waals surface area contributed by atoms with Gasteiger partial charge in [-0.1, -0.05) is 24.3 Å². The molecular formula is C21H20N2O6. The molecule has 4 rings (SSSR count). The summed E-state index contributed by atoms with van der Waals surface area (Å²) >= 11 is 0. The van der Waals surface area contributed by atoms with Gasteiger partial charge in [0.15, 0.2) is 11.6 Å². The lowest BCUT2D eigenvalue weighted by Crippen LogP contribution is -2.55. The van der Waals surface area contributed by atoms with E-state index < -0.39 is 23.5 Å². The van der Waals surface area contributed by atoms with Crippen LogP contribution in [-0.2, 0) is 20.7 Å². The average Bonchev–Trinajstić information content (AvgIpc) is 3.36. The molecule has 150 valence electrons. The molecule has 2 amide bonds. The Kier molecular flexibility index (Phi) is 4.94. The molecule has 2 unspecified atom stereocenters. The summed E-state index contributed by atoms with van der Waals surface area (Å²) in [4.78, 5) is 36.7. The Morgan fingerprint density at radius 1 is 1.10 bits per heavy atom. The summed E-state index contributed by atoms with van der Waals surface area (Å²) in [5, 5.41) is 14.8. The van der Waals surface area contributed by atoms with Crippen LogP contribution in [-0.4, -0.2) is 47.7 Å². The van der Waals surface area contributed by atoms with E-state index >= 15 is 0 Å². The van der Waals surface area contributed by atoms with Crippen LogP contribution in [0.25, 0.3) is 0 Å². The van der Waals surface area contributed by atoms with Crippen molar-refractivity contribution in [3.63, 3.8) is 0 Å². The van der Waals surface area contributed by atoms with E-state index in [0.717, 1.165) is 5.56 Å². The van der Waals surface area contributed by atoms with Gasteiger partial charge in [0, 0.05) is 30.7 Å². The zero-order chi connectivity index (χ0) is 20.4. The van der Waals surface area contributed by atoms with Crippen molar-refractivity contribution in [1.82, 2.24) is 5.32 Å². The van der Waals surface area contributed by atoms with Gasteiger partial charge in [0.05, 0.1) is 6.61 Å². The molecule has 2 aromatic carbocycles. The van der Waals surface area contributed by atoms with Crippen LogP contribution in [0.1, 0.15) is 22.3 Å². The van der Waals surface area contributed by atoms with Gasteiger partial charge in [-0.25, -0.2) is 4.79 Å². The highest BCUT2D eigenvalue weighted by molar-refractivity contribution is 6.00. The predicted octanol–water partition coefficient (Wildman–Crippen LogP) is 1.60. The summed E-state index contributed by atoms with van der Waals surface area (Å²) in [5.74, 6) is -1.30. The SMILES string of the molecule is O=C(NC1(C(=O)O)CCOC1)c1cccc(NC(=O)C2Cc3ccccc3O2)c1. The first-order valence-electron chi connectivity index (χ1n) is 9.26. The van der Waals surface area contributed by atoms with Crippen LogP contribution in [0.3, 0.4) is 0 Å². The summed E-state index contributed by atoms with van der Waals surface area (Å²) < 4.78 is 10.8.